The fourth-order valence-corrected chi connectivity index (χ4v) is 4.85. The largest absolute Gasteiger partial charge is 0.359 e. The molecule has 0 aliphatic heterocycles. The molecule has 2 nitrogen and oxygen atoms in total. The van der Waals surface area contributed by atoms with Gasteiger partial charge in [-0.2, -0.15) is 0 Å². The number of halogens is 1. The molecule has 0 aromatic heterocycles. The van der Waals surface area contributed by atoms with Gasteiger partial charge in [0.2, 0.25) is 0 Å². The summed E-state index contributed by atoms with van der Waals surface area (Å²) in [6, 6.07) is 6.78. The first kappa shape index (κ1) is 13.3. The molecule has 0 amide bonds. The van der Waals surface area contributed by atoms with Crippen LogP contribution in [0.4, 0.5) is 10.1 Å². The zero-order chi connectivity index (χ0) is 14.4. The van der Waals surface area contributed by atoms with Crippen LogP contribution in [0.15, 0.2) is 36.4 Å². The molecule has 1 aromatic carbocycles. The monoisotopic (exact) mass is 302 g/mol. The van der Waals surface area contributed by atoms with Gasteiger partial charge in [0.1, 0.15) is 5.82 Å². The summed E-state index contributed by atoms with van der Waals surface area (Å²) in [5.41, 5.74) is 0.829. The van der Waals surface area contributed by atoms with Crippen LogP contribution in [-0.4, -0.2) is 11.2 Å². The van der Waals surface area contributed by atoms with Gasteiger partial charge in [0.15, 0.2) is 5.11 Å². The molecule has 4 heteroatoms. The van der Waals surface area contributed by atoms with Gasteiger partial charge in [-0.15, -0.1) is 0 Å². The van der Waals surface area contributed by atoms with E-state index in [1.165, 1.54) is 31.4 Å². The van der Waals surface area contributed by atoms with Gasteiger partial charge in [-0.05, 0) is 79.4 Å². The topological polar surface area (TPSA) is 24.1 Å². The molecule has 21 heavy (non-hydrogen) atoms. The molecule has 0 heterocycles. The molecule has 0 unspecified atom stereocenters. The molecule has 0 radical (unpaired) electrons. The van der Waals surface area contributed by atoms with Crippen LogP contribution >= 0.6 is 12.2 Å². The average Bonchev–Trinajstić information content (AvgIpc) is 3.13. The molecular formula is C17H19FN2S. The Labute approximate surface area is 129 Å². The molecule has 0 saturated heterocycles. The van der Waals surface area contributed by atoms with E-state index in [-0.39, 0.29) is 5.82 Å². The lowest BCUT2D eigenvalue weighted by molar-refractivity contribution is 0.246. The molecule has 2 N–H and O–H groups in total. The Balaban J connectivity index is 1.37. The molecular weight excluding hydrogens is 283 g/mol. The Morgan fingerprint density at radius 1 is 1.14 bits per heavy atom. The van der Waals surface area contributed by atoms with Crippen molar-refractivity contribution in [3.63, 3.8) is 0 Å². The van der Waals surface area contributed by atoms with E-state index in [0.29, 0.717) is 11.2 Å². The average molecular weight is 302 g/mol. The summed E-state index contributed by atoms with van der Waals surface area (Å²) in [6.07, 6.45) is 8.62. The van der Waals surface area contributed by atoms with Gasteiger partial charge in [0, 0.05) is 11.7 Å². The van der Waals surface area contributed by atoms with E-state index in [0.717, 1.165) is 29.4 Å². The van der Waals surface area contributed by atoms with Crippen molar-refractivity contribution in [2.24, 2.45) is 23.7 Å². The highest BCUT2D eigenvalue weighted by molar-refractivity contribution is 7.80. The molecule has 2 fully saturated rings. The molecule has 5 atom stereocenters. The molecule has 3 aliphatic carbocycles. The Morgan fingerprint density at radius 3 is 2.76 bits per heavy atom. The highest BCUT2D eigenvalue weighted by Crippen LogP contribution is 2.56. The zero-order valence-corrected chi connectivity index (χ0v) is 12.6. The van der Waals surface area contributed by atoms with Crippen LogP contribution in [-0.2, 0) is 0 Å². The maximum Gasteiger partial charge on any atom is 0.171 e. The third-order valence-corrected chi connectivity index (χ3v) is 5.65. The van der Waals surface area contributed by atoms with Gasteiger partial charge in [-0.25, -0.2) is 4.39 Å². The molecule has 4 rings (SSSR count). The van der Waals surface area contributed by atoms with Crippen molar-refractivity contribution in [1.29, 1.82) is 0 Å². The minimum Gasteiger partial charge on any atom is -0.359 e. The fourth-order valence-electron chi connectivity index (χ4n) is 4.58. The third kappa shape index (κ3) is 2.35. The maximum atomic E-state index is 12.9. The van der Waals surface area contributed by atoms with E-state index in [1.54, 1.807) is 12.1 Å². The van der Waals surface area contributed by atoms with E-state index in [4.69, 9.17) is 12.2 Å². The van der Waals surface area contributed by atoms with Gasteiger partial charge in [-0.3, -0.25) is 0 Å². The van der Waals surface area contributed by atoms with E-state index >= 15 is 0 Å². The normalized spacial score (nSPS) is 35.8. The number of anilines is 1. The highest BCUT2D eigenvalue weighted by Gasteiger charge is 2.52. The van der Waals surface area contributed by atoms with Crippen molar-refractivity contribution in [3.05, 3.63) is 42.2 Å². The van der Waals surface area contributed by atoms with Crippen LogP contribution in [0.5, 0.6) is 0 Å². The number of hydrogen-bond donors (Lipinski definition) is 2. The van der Waals surface area contributed by atoms with E-state index < -0.39 is 0 Å². The number of rotatable bonds is 2. The van der Waals surface area contributed by atoms with Crippen molar-refractivity contribution >= 4 is 23.0 Å². The lowest BCUT2D eigenvalue weighted by Crippen LogP contribution is -2.44. The standard InChI is InChI=1S/C17H19FN2S/c18-11-4-6-12(7-5-11)19-17(21)20-16-9-10-8-15(16)14-3-1-2-13(10)14/h1,3-7,10,13-16H,2,8-9H2,(H2,19,20,21)/t10-,13+,14+,15+,16+/m1/s1. The minimum absolute atomic E-state index is 0.230. The van der Waals surface area contributed by atoms with Crippen LogP contribution in [0, 0.1) is 29.5 Å². The van der Waals surface area contributed by atoms with Crippen LogP contribution in [0.25, 0.3) is 0 Å². The van der Waals surface area contributed by atoms with Crippen LogP contribution < -0.4 is 10.6 Å². The number of allylic oxidation sites excluding steroid dienone is 2. The van der Waals surface area contributed by atoms with Gasteiger partial charge in [0.05, 0.1) is 0 Å². The SMILES string of the molecule is Fc1ccc(NC(=S)N[C@H]2C[C@H]3C[C@H]2[C@H]2C=CC[C@@H]32)cc1. The Morgan fingerprint density at radius 2 is 1.95 bits per heavy atom. The van der Waals surface area contributed by atoms with Crippen LogP contribution in [0.3, 0.4) is 0 Å². The van der Waals surface area contributed by atoms with Crippen molar-refractivity contribution in [3.8, 4) is 0 Å². The second kappa shape index (κ2) is 5.09. The van der Waals surface area contributed by atoms with Gasteiger partial charge in [0.25, 0.3) is 0 Å². The zero-order valence-electron chi connectivity index (χ0n) is 11.8. The highest BCUT2D eigenvalue weighted by atomic mass is 32.1. The molecule has 2 bridgehead atoms. The fraction of sp³-hybridized carbons (Fsp3) is 0.471. The second-order valence-corrected chi connectivity index (χ2v) is 6.92. The predicted molar refractivity (Wildman–Crippen MR) is 86.5 cm³/mol. The molecule has 2 saturated carbocycles. The van der Waals surface area contributed by atoms with Gasteiger partial charge < -0.3 is 10.6 Å². The molecule has 1 aromatic rings. The lowest BCUT2D eigenvalue weighted by Gasteiger charge is -2.32. The first-order chi connectivity index (χ1) is 10.2. The van der Waals surface area contributed by atoms with E-state index in [1.807, 2.05) is 0 Å². The van der Waals surface area contributed by atoms with Gasteiger partial charge in [-0.1, -0.05) is 12.2 Å². The first-order valence-electron chi connectivity index (χ1n) is 7.70. The summed E-state index contributed by atoms with van der Waals surface area (Å²) in [5.74, 6) is 3.01. The summed E-state index contributed by atoms with van der Waals surface area (Å²) in [5, 5.41) is 7.28. The predicted octanol–water partition coefficient (Wildman–Crippen LogP) is 3.71. The number of thiocarbonyl (C=S) groups is 1. The van der Waals surface area contributed by atoms with Gasteiger partial charge >= 0.3 is 0 Å². The van der Waals surface area contributed by atoms with Crippen LogP contribution in [0.2, 0.25) is 0 Å². The summed E-state index contributed by atoms with van der Waals surface area (Å²) in [7, 11) is 0. The number of benzene rings is 1. The molecule has 3 aliphatic rings. The summed E-state index contributed by atoms with van der Waals surface area (Å²) in [4.78, 5) is 0. The quantitative estimate of drug-likeness (QED) is 0.643. The Bertz CT molecular complexity index is 583. The summed E-state index contributed by atoms with van der Waals surface area (Å²) >= 11 is 5.41. The van der Waals surface area contributed by atoms with Crippen molar-refractivity contribution in [1.82, 2.24) is 5.32 Å². The van der Waals surface area contributed by atoms with E-state index in [9.17, 15) is 4.39 Å². The lowest BCUT2D eigenvalue weighted by atomic mass is 9.79. The summed E-state index contributed by atoms with van der Waals surface area (Å²) in [6.45, 7) is 0. The minimum atomic E-state index is -0.230. The smallest absolute Gasteiger partial charge is 0.171 e. The molecule has 110 valence electrons. The Kier molecular flexibility index (Phi) is 3.21. The Hall–Kier alpha value is -1.42. The maximum absolute atomic E-state index is 12.9. The van der Waals surface area contributed by atoms with E-state index in [2.05, 4.69) is 22.8 Å². The first-order valence-corrected chi connectivity index (χ1v) is 8.11. The number of fused-ring (bicyclic) bond motifs is 5. The summed E-state index contributed by atoms with van der Waals surface area (Å²) < 4.78 is 12.9. The number of hydrogen-bond acceptors (Lipinski definition) is 1. The van der Waals surface area contributed by atoms with Crippen molar-refractivity contribution in [2.75, 3.05) is 5.32 Å². The van der Waals surface area contributed by atoms with Crippen LogP contribution in [0.1, 0.15) is 19.3 Å². The number of nitrogens with one attached hydrogen (secondary N) is 2. The van der Waals surface area contributed by atoms with Crippen molar-refractivity contribution < 1.29 is 4.39 Å². The molecule has 0 spiro atoms. The second-order valence-electron chi connectivity index (χ2n) is 6.51. The van der Waals surface area contributed by atoms with Crippen molar-refractivity contribution in [2.45, 2.75) is 25.3 Å². The third-order valence-electron chi connectivity index (χ3n) is 5.43.